The number of likely N-dealkylation sites (N-methyl/N-ethyl adjacent to an activating group) is 1. The summed E-state index contributed by atoms with van der Waals surface area (Å²) in [6.07, 6.45) is -8.07. The van der Waals surface area contributed by atoms with Crippen molar-refractivity contribution in [3.05, 3.63) is 65.2 Å². The molecule has 1 aliphatic heterocycles. The van der Waals surface area contributed by atoms with Gasteiger partial charge in [0.1, 0.15) is 0 Å². The molecule has 1 amide bonds. The molecule has 0 radical (unpaired) electrons. The number of hydrogen-bond acceptors (Lipinski definition) is 4. The van der Waals surface area contributed by atoms with Gasteiger partial charge in [-0.2, -0.15) is 13.2 Å². The fourth-order valence-corrected chi connectivity index (χ4v) is 3.51. The summed E-state index contributed by atoms with van der Waals surface area (Å²) < 4.78 is 45.4. The molecule has 0 saturated carbocycles. The molecule has 2 aromatic rings. The number of benzene rings is 2. The van der Waals surface area contributed by atoms with Crippen LogP contribution in [-0.4, -0.2) is 61.4 Å². The van der Waals surface area contributed by atoms with E-state index in [0.717, 1.165) is 5.56 Å². The van der Waals surface area contributed by atoms with Crippen LogP contribution in [0.4, 0.5) is 23.7 Å². The van der Waals surface area contributed by atoms with Crippen LogP contribution < -0.4 is 5.32 Å². The summed E-state index contributed by atoms with van der Waals surface area (Å²) in [4.78, 5) is 15.8. The number of anilines is 1. The Morgan fingerprint density at radius 1 is 1.16 bits per heavy atom. The van der Waals surface area contributed by atoms with Crippen molar-refractivity contribution < 1.29 is 22.7 Å². The van der Waals surface area contributed by atoms with E-state index in [-0.39, 0.29) is 18.4 Å². The van der Waals surface area contributed by atoms with Gasteiger partial charge in [-0.05, 0) is 36.9 Å². The first-order valence-electron chi connectivity index (χ1n) is 9.50. The normalized spacial score (nSPS) is 18.7. The number of hydrogen-bond donors (Lipinski definition) is 1. The lowest BCUT2D eigenvalue weighted by molar-refractivity contribution is -0.208. The molecule has 2 aromatic carbocycles. The molecule has 1 fully saturated rings. The van der Waals surface area contributed by atoms with E-state index in [4.69, 9.17) is 16.3 Å². The first-order valence-corrected chi connectivity index (χ1v) is 9.87. The smallest absolute Gasteiger partial charge is 0.426 e. The van der Waals surface area contributed by atoms with Crippen LogP contribution in [0.2, 0.25) is 5.02 Å². The second-order valence-electron chi connectivity index (χ2n) is 7.23. The van der Waals surface area contributed by atoms with Crippen LogP contribution in [0.5, 0.6) is 0 Å². The molecule has 10 heteroatoms. The summed E-state index contributed by atoms with van der Waals surface area (Å²) in [5, 5.41) is 2.75. The van der Waals surface area contributed by atoms with Crippen molar-refractivity contribution in [3.8, 4) is 0 Å². The molecular formula is C21H24Cl2F3N3O2. The molecule has 1 heterocycles. The number of rotatable bonds is 5. The summed E-state index contributed by atoms with van der Waals surface area (Å²) in [5.74, 6) is 0. The summed E-state index contributed by atoms with van der Waals surface area (Å²) in [6, 6.07) is 15.6. The van der Waals surface area contributed by atoms with Gasteiger partial charge in [-0.3, -0.25) is 15.1 Å². The van der Waals surface area contributed by atoms with Crippen LogP contribution in [0.15, 0.2) is 54.6 Å². The number of alkyl halides is 3. The van der Waals surface area contributed by atoms with Gasteiger partial charge in [-0.25, -0.2) is 4.79 Å². The Balaban J connectivity index is 0.00000341. The van der Waals surface area contributed by atoms with E-state index in [9.17, 15) is 18.0 Å². The lowest BCUT2D eigenvalue weighted by atomic mass is 10.0. The number of amides is 1. The van der Waals surface area contributed by atoms with Gasteiger partial charge in [-0.15, -0.1) is 12.4 Å². The number of piperazine rings is 1. The number of halogens is 5. The Morgan fingerprint density at radius 3 is 2.42 bits per heavy atom. The Kier molecular flexibility index (Phi) is 9.00. The zero-order valence-corrected chi connectivity index (χ0v) is 18.4. The van der Waals surface area contributed by atoms with Gasteiger partial charge < -0.3 is 4.74 Å². The number of ether oxygens (including phenoxy) is 1. The molecular weight excluding hydrogens is 454 g/mol. The minimum Gasteiger partial charge on any atom is -0.435 e. The largest absolute Gasteiger partial charge is 0.435 e. The molecule has 1 aliphatic rings. The second kappa shape index (κ2) is 11.0. The van der Waals surface area contributed by atoms with Crippen LogP contribution >= 0.6 is 24.0 Å². The third-order valence-electron chi connectivity index (χ3n) is 5.05. The highest BCUT2D eigenvalue weighted by molar-refractivity contribution is 6.30. The monoisotopic (exact) mass is 477 g/mol. The van der Waals surface area contributed by atoms with Crippen molar-refractivity contribution in [1.29, 1.82) is 0 Å². The first-order chi connectivity index (χ1) is 14.2. The molecule has 1 N–H and O–H groups in total. The van der Waals surface area contributed by atoms with E-state index in [1.54, 1.807) is 4.90 Å². The zero-order valence-electron chi connectivity index (χ0n) is 16.8. The topological polar surface area (TPSA) is 44.8 Å². The predicted octanol–water partition coefficient (Wildman–Crippen LogP) is 5.23. The Bertz CT molecular complexity index is 838. The molecule has 170 valence electrons. The van der Waals surface area contributed by atoms with E-state index in [1.165, 1.54) is 24.3 Å². The van der Waals surface area contributed by atoms with Gasteiger partial charge in [0.05, 0.1) is 0 Å². The molecule has 0 aromatic heterocycles. The van der Waals surface area contributed by atoms with E-state index < -0.39 is 24.9 Å². The molecule has 3 rings (SSSR count). The highest BCUT2D eigenvalue weighted by atomic mass is 35.5. The van der Waals surface area contributed by atoms with Gasteiger partial charge in [0, 0.05) is 42.9 Å². The maximum absolute atomic E-state index is 13.6. The first kappa shape index (κ1) is 25.3. The van der Waals surface area contributed by atoms with Gasteiger partial charge in [-0.1, -0.05) is 41.9 Å². The summed E-state index contributed by atoms with van der Waals surface area (Å²) >= 11 is 5.77. The zero-order chi connectivity index (χ0) is 21.7. The molecule has 2 atom stereocenters. The minimum atomic E-state index is -4.68. The van der Waals surface area contributed by atoms with E-state index >= 15 is 0 Å². The van der Waals surface area contributed by atoms with Crippen LogP contribution in [-0.2, 0) is 4.74 Å². The lowest BCUT2D eigenvalue weighted by Crippen LogP contribution is -2.52. The Labute approximate surface area is 190 Å². The van der Waals surface area contributed by atoms with E-state index in [0.29, 0.717) is 30.3 Å². The van der Waals surface area contributed by atoms with Crippen molar-refractivity contribution in [2.45, 2.75) is 18.3 Å². The lowest BCUT2D eigenvalue weighted by Gasteiger charge is -2.40. The van der Waals surface area contributed by atoms with Crippen molar-refractivity contribution in [3.63, 3.8) is 0 Å². The van der Waals surface area contributed by atoms with Gasteiger partial charge >= 0.3 is 12.3 Å². The van der Waals surface area contributed by atoms with Crippen molar-refractivity contribution in [1.82, 2.24) is 9.80 Å². The third-order valence-corrected chi connectivity index (χ3v) is 5.30. The van der Waals surface area contributed by atoms with Gasteiger partial charge in [0.15, 0.2) is 0 Å². The van der Waals surface area contributed by atoms with Crippen LogP contribution in [0.1, 0.15) is 11.6 Å². The highest BCUT2D eigenvalue weighted by Gasteiger charge is 2.44. The molecule has 0 aliphatic carbocycles. The maximum Gasteiger partial charge on any atom is 0.426 e. The maximum atomic E-state index is 13.6. The summed E-state index contributed by atoms with van der Waals surface area (Å²) in [7, 11) is 1.95. The Hall–Kier alpha value is -2.00. The molecule has 1 unspecified atom stereocenters. The van der Waals surface area contributed by atoms with Gasteiger partial charge in [0.2, 0.25) is 6.10 Å². The fourth-order valence-electron chi connectivity index (χ4n) is 3.38. The predicted molar refractivity (Wildman–Crippen MR) is 117 cm³/mol. The third kappa shape index (κ3) is 7.28. The van der Waals surface area contributed by atoms with Gasteiger partial charge in [0.25, 0.3) is 0 Å². The number of nitrogens with one attached hydrogen (secondary N) is 1. The highest BCUT2D eigenvalue weighted by Crippen LogP contribution is 2.28. The number of carbonyl (C=O) groups is 1. The molecule has 0 spiro atoms. The van der Waals surface area contributed by atoms with E-state index in [2.05, 4.69) is 10.2 Å². The average molecular weight is 478 g/mol. The number of nitrogens with zero attached hydrogens (tertiary/aromatic N) is 2. The molecule has 1 saturated heterocycles. The Morgan fingerprint density at radius 2 is 1.81 bits per heavy atom. The average Bonchev–Trinajstić information content (AvgIpc) is 2.70. The minimum absolute atomic E-state index is 0. The standard InChI is InChI=1S/C21H23ClF3N3O2.ClH/c1-27-11-12-28(13-18(27)15-5-3-2-4-6-15)14-19(21(23,24)25)30-20(29)26-17-9-7-16(22)8-10-17;/h2-10,18-19H,11-14H2,1H3,(H,26,29);1H/t18-,19?;/m1./s1. The fraction of sp³-hybridized carbons (Fsp3) is 0.381. The quantitative estimate of drug-likeness (QED) is 0.640. The number of carbonyl (C=O) groups excluding carboxylic acids is 1. The van der Waals surface area contributed by atoms with Crippen molar-refractivity contribution in [2.24, 2.45) is 0 Å². The van der Waals surface area contributed by atoms with E-state index in [1.807, 2.05) is 37.4 Å². The van der Waals surface area contributed by atoms with Crippen LogP contribution in [0.3, 0.4) is 0 Å². The summed E-state index contributed by atoms with van der Waals surface area (Å²) in [5.41, 5.74) is 1.34. The van der Waals surface area contributed by atoms with Crippen LogP contribution in [0.25, 0.3) is 0 Å². The van der Waals surface area contributed by atoms with Crippen molar-refractivity contribution >= 4 is 35.8 Å². The molecule has 5 nitrogen and oxygen atoms in total. The van der Waals surface area contributed by atoms with Crippen LogP contribution in [0, 0.1) is 0 Å². The second-order valence-corrected chi connectivity index (χ2v) is 7.67. The molecule has 0 bridgehead atoms. The van der Waals surface area contributed by atoms with Crippen molar-refractivity contribution in [2.75, 3.05) is 38.5 Å². The SMILES string of the molecule is CN1CCN(CC(OC(=O)Nc2ccc(Cl)cc2)C(F)(F)F)C[C@@H]1c1ccccc1.Cl. The molecule has 31 heavy (non-hydrogen) atoms. The summed E-state index contributed by atoms with van der Waals surface area (Å²) in [6.45, 7) is 1.06.